The largest absolute Gasteiger partial charge is 0.392 e. The zero-order valence-electron chi connectivity index (χ0n) is 10.3. The van der Waals surface area contributed by atoms with Crippen LogP contribution < -0.4 is 5.32 Å². The number of hydrogen-bond acceptors (Lipinski definition) is 2. The molecule has 0 bridgehead atoms. The molecule has 1 unspecified atom stereocenters. The second-order valence-corrected chi connectivity index (χ2v) is 4.86. The van der Waals surface area contributed by atoms with Crippen LogP contribution in [0.15, 0.2) is 12.1 Å². The average Bonchev–Trinajstić information content (AvgIpc) is 3.14. The van der Waals surface area contributed by atoms with Gasteiger partial charge in [-0.1, -0.05) is 6.07 Å². The first-order valence-electron chi connectivity index (χ1n) is 5.99. The molecule has 104 valence electrons. The maximum Gasteiger partial charge on any atom is 0.230 e. The monoisotopic (exact) mass is 273 g/mol. The Kier molecular flexibility index (Phi) is 3.54. The highest BCUT2D eigenvalue weighted by molar-refractivity contribution is 5.91. The molecule has 1 aromatic rings. The number of carbonyl (C=O) groups excluding carboxylic acids is 1. The van der Waals surface area contributed by atoms with Crippen LogP contribution in [0.1, 0.15) is 25.3 Å². The summed E-state index contributed by atoms with van der Waals surface area (Å²) < 4.78 is 39.8. The van der Waals surface area contributed by atoms with Crippen molar-refractivity contribution < 1.29 is 23.1 Å². The highest BCUT2D eigenvalue weighted by Gasteiger charge is 2.53. The molecule has 2 N–H and O–H groups in total. The van der Waals surface area contributed by atoms with Crippen molar-refractivity contribution >= 4 is 5.91 Å². The van der Waals surface area contributed by atoms with Crippen molar-refractivity contribution in [1.29, 1.82) is 0 Å². The Hall–Kier alpha value is -1.56. The van der Waals surface area contributed by atoms with E-state index in [9.17, 15) is 18.0 Å². The maximum absolute atomic E-state index is 13.7. The maximum atomic E-state index is 13.7. The first-order valence-corrected chi connectivity index (χ1v) is 5.99. The highest BCUT2D eigenvalue weighted by atomic mass is 19.2. The number of aliphatic hydroxyl groups excluding tert-OH is 1. The Morgan fingerprint density at radius 1 is 1.37 bits per heavy atom. The zero-order valence-corrected chi connectivity index (χ0v) is 10.3. The van der Waals surface area contributed by atoms with Gasteiger partial charge in [0.25, 0.3) is 0 Å². The molecule has 1 saturated carbocycles. The molecule has 3 nitrogen and oxygen atoms in total. The second kappa shape index (κ2) is 4.85. The minimum absolute atomic E-state index is 0.0336. The van der Waals surface area contributed by atoms with Crippen molar-refractivity contribution in [2.45, 2.75) is 31.3 Å². The first-order chi connectivity index (χ1) is 8.88. The molecule has 0 heterocycles. The standard InChI is InChI=1S/C13H14F3NO2/c1-7(18)6-17-12(19)13(4-5-13)8-2-3-9(14)11(16)10(8)15/h2-3,7,18H,4-6H2,1H3,(H,17,19). The van der Waals surface area contributed by atoms with E-state index in [0.29, 0.717) is 12.8 Å². The van der Waals surface area contributed by atoms with E-state index in [-0.39, 0.29) is 12.1 Å². The van der Waals surface area contributed by atoms with Crippen LogP contribution in [-0.4, -0.2) is 23.7 Å². The van der Waals surface area contributed by atoms with E-state index in [1.54, 1.807) is 0 Å². The van der Waals surface area contributed by atoms with Crippen LogP contribution in [0.2, 0.25) is 0 Å². The highest BCUT2D eigenvalue weighted by Crippen LogP contribution is 2.49. The Balaban J connectivity index is 2.26. The lowest BCUT2D eigenvalue weighted by Crippen LogP contribution is -2.39. The lowest BCUT2D eigenvalue weighted by molar-refractivity contribution is -0.124. The van der Waals surface area contributed by atoms with Gasteiger partial charge in [0.2, 0.25) is 5.91 Å². The van der Waals surface area contributed by atoms with Crippen LogP contribution in [0.4, 0.5) is 13.2 Å². The van der Waals surface area contributed by atoms with E-state index >= 15 is 0 Å². The fraction of sp³-hybridized carbons (Fsp3) is 0.462. The average molecular weight is 273 g/mol. The first kappa shape index (κ1) is 13.9. The van der Waals surface area contributed by atoms with E-state index in [0.717, 1.165) is 12.1 Å². The van der Waals surface area contributed by atoms with Gasteiger partial charge in [0, 0.05) is 12.1 Å². The van der Waals surface area contributed by atoms with Gasteiger partial charge < -0.3 is 10.4 Å². The molecule has 0 aromatic heterocycles. The Morgan fingerprint density at radius 3 is 2.53 bits per heavy atom. The summed E-state index contributed by atoms with van der Waals surface area (Å²) in [6, 6.07) is 1.92. The van der Waals surface area contributed by atoms with Crippen LogP contribution in [-0.2, 0) is 10.2 Å². The van der Waals surface area contributed by atoms with E-state index in [1.165, 1.54) is 6.92 Å². The fourth-order valence-corrected chi connectivity index (χ4v) is 2.05. The number of nitrogens with one attached hydrogen (secondary N) is 1. The summed E-state index contributed by atoms with van der Waals surface area (Å²) in [7, 11) is 0. The molecule has 0 saturated heterocycles. The van der Waals surface area contributed by atoms with Gasteiger partial charge in [-0.3, -0.25) is 4.79 Å². The summed E-state index contributed by atoms with van der Waals surface area (Å²) in [5.74, 6) is -4.63. The lowest BCUT2D eigenvalue weighted by atomic mass is 9.94. The molecule has 1 aliphatic rings. The summed E-state index contributed by atoms with van der Waals surface area (Å²) in [4.78, 5) is 12.0. The summed E-state index contributed by atoms with van der Waals surface area (Å²) in [5.41, 5.74) is -1.26. The predicted molar refractivity (Wildman–Crippen MR) is 61.9 cm³/mol. The lowest BCUT2D eigenvalue weighted by Gasteiger charge is -2.17. The third-order valence-corrected chi connectivity index (χ3v) is 3.29. The van der Waals surface area contributed by atoms with Gasteiger partial charge in [0.05, 0.1) is 11.5 Å². The number of benzene rings is 1. The molecule has 19 heavy (non-hydrogen) atoms. The van der Waals surface area contributed by atoms with Crippen molar-refractivity contribution in [2.24, 2.45) is 0 Å². The van der Waals surface area contributed by atoms with Gasteiger partial charge in [0.1, 0.15) is 0 Å². The van der Waals surface area contributed by atoms with Crippen LogP contribution in [0, 0.1) is 17.5 Å². The van der Waals surface area contributed by atoms with Gasteiger partial charge in [-0.25, -0.2) is 13.2 Å². The third kappa shape index (κ3) is 2.45. The third-order valence-electron chi connectivity index (χ3n) is 3.29. The van der Waals surface area contributed by atoms with Gasteiger partial charge in [-0.2, -0.15) is 0 Å². The summed E-state index contributed by atoms with van der Waals surface area (Å²) >= 11 is 0. The van der Waals surface area contributed by atoms with Crippen LogP contribution in [0.3, 0.4) is 0 Å². The minimum atomic E-state index is -1.56. The van der Waals surface area contributed by atoms with Gasteiger partial charge in [0.15, 0.2) is 17.5 Å². The molecule has 0 aliphatic heterocycles. The quantitative estimate of drug-likeness (QED) is 0.819. The summed E-state index contributed by atoms with van der Waals surface area (Å²) in [5, 5.41) is 11.6. The predicted octanol–water partition coefficient (Wildman–Crippen LogP) is 1.63. The Bertz CT molecular complexity index is 513. The van der Waals surface area contributed by atoms with Gasteiger partial charge in [-0.05, 0) is 25.8 Å². The number of amides is 1. The van der Waals surface area contributed by atoms with E-state index < -0.39 is 34.9 Å². The molecular weight excluding hydrogens is 259 g/mol. The number of halogens is 3. The summed E-state index contributed by atoms with van der Waals surface area (Å²) in [6.07, 6.45) is 0.0240. The smallest absolute Gasteiger partial charge is 0.230 e. The SMILES string of the molecule is CC(O)CNC(=O)C1(c2ccc(F)c(F)c2F)CC1. The molecule has 1 fully saturated rings. The van der Waals surface area contributed by atoms with Crippen molar-refractivity contribution in [3.63, 3.8) is 0 Å². The number of aliphatic hydroxyl groups is 1. The van der Waals surface area contributed by atoms with Crippen molar-refractivity contribution in [3.8, 4) is 0 Å². The molecule has 1 amide bonds. The Labute approximate surface area is 108 Å². The molecule has 1 aliphatic carbocycles. The van der Waals surface area contributed by atoms with Gasteiger partial charge >= 0.3 is 0 Å². The van der Waals surface area contributed by atoms with Crippen LogP contribution >= 0.6 is 0 Å². The molecule has 1 atom stereocenters. The number of hydrogen-bond donors (Lipinski definition) is 2. The van der Waals surface area contributed by atoms with Crippen molar-refractivity contribution in [2.75, 3.05) is 6.54 Å². The van der Waals surface area contributed by atoms with Crippen molar-refractivity contribution in [1.82, 2.24) is 5.32 Å². The molecule has 6 heteroatoms. The molecule has 0 radical (unpaired) electrons. The normalized spacial score (nSPS) is 17.9. The van der Waals surface area contributed by atoms with Gasteiger partial charge in [-0.15, -0.1) is 0 Å². The van der Waals surface area contributed by atoms with E-state index in [1.807, 2.05) is 0 Å². The molecule has 2 rings (SSSR count). The fourth-order valence-electron chi connectivity index (χ4n) is 2.05. The van der Waals surface area contributed by atoms with Crippen molar-refractivity contribution in [3.05, 3.63) is 35.1 Å². The Morgan fingerprint density at radius 2 is 2.00 bits per heavy atom. The number of carbonyl (C=O) groups is 1. The van der Waals surface area contributed by atoms with E-state index in [2.05, 4.69) is 5.32 Å². The second-order valence-electron chi connectivity index (χ2n) is 4.86. The zero-order chi connectivity index (χ0) is 14.2. The minimum Gasteiger partial charge on any atom is -0.392 e. The number of rotatable bonds is 4. The molecule has 1 aromatic carbocycles. The summed E-state index contributed by atoms with van der Waals surface area (Å²) in [6.45, 7) is 1.53. The topological polar surface area (TPSA) is 49.3 Å². The van der Waals surface area contributed by atoms with E-state index in [4.69, 9.17) is 5.11 Å². The molecular formula is C13H14F3NO2. The van der Waals surface area contributed by atoms with Crippen LogP contribution in [0.5, 0.6) is 0 Å². The molecule has 0 spiro atoms. The van der Waals surface area contributed by atoms with Crippen LogP contribution in [0.25, 0.3) is 0 Å².